The normalized spacial score (nSPS) is 22.5. The number of hydrogen-bond acceptors (Lipinski definition) is 5. The standard InChI is InChI=1S/C12H20N2O4S/c1-4-12(2,10(13)19)11(16)14-5-6-18-8(7-14)9(15)17-3/h8H,4-7H2,1-3H3,(H2,13,19). The van der Waals surface area contributed by atoms with Crippen molar-refractivity contribution in [2.45, 2.75) is 26.4 Å². The molecule has 6 nitrogen and oxygen atoms in total. The number of rotatable bonds is 4. The van der Waals surface area contributed by atoms with E-state index in [1.807, 2.05) is 6.92 Å². The van der Waals surface area contributed by atoms with E-state index >= 15 is 0 Å². The molecule has 1 fully saturated rings. The zero-order valence-corrected chi connectivity index (χ0v) is 12.3. The van der Waals surface area contributed by atoms with Crippen LogP contribution in [0.1, 0.15) is 20.3 Å². The molecule has 1 saturated heterocycles. The number of thiocarbonyl (C=S) groups is 1. The number of carbonyl (C=O) groups is 2. The molecule has 108 valence electrons. The number of methoxy groups -OCH3 is 1. The Morgan fingerprint density at radius 2 is 2.21 bits per heavy atom. The number of carbonyl (C=O) groups excluding carboxylic acids is 2. The third kappa shape index (κ3) is 3.22. The largest absolute Gasteiger partial charge is 0.467 e. The summed E-state index contributed by atoms with van der Waals surface area (Å²) in [6.45, 7) is 4.46. The van der Waals surface area contributed by atoms with Gasteiger partial charge in [-0.3, -0.25) is 4.79 Å². The lowest BCUT2D eigenvalue weighted by atomic mass is 9.85. The summed E-state index contributed by atoms with van der Waals surface area (Å²) in [6, 6.07) is 0. The summed E-state index contributed by atoms with van der Waals surface area (Å²) in [5.41, 5.74) is 4.79. The lowest BCUT2D eigenvalue weighted by Crippen LogP contribution is -2.55. The Labute approximate surface area is 118 Å². The van der Waals surface area contributed by atoms with Gasteiger partial charge in [-0.2, -0.15) is 0 Å². The minimum atomic E-state index is -0.882. The van der Waals surface area contributed by atoms with Gasteiger partial charge in [0.1, 0.15) is 0 Å². The van der Waals surface area contributed by atoms with Gasteiger partial charge in [0.2, 0.25) is 5.91 Å². The van der Waals surface area contributed by atoms with Crippen molar-refractivity contribution in [3.63, 3.8) is 0 Å². The van der Waals surface area contributed by atoms with E-state index in [-0.39, 0.29) is 17.4 Å². The Kier molecular flexibility index (Phi) is 5.25. The van der Waals surface area contributed by atoms with Gasteiger partial charge in [0, 0.05) is 6.54 Å². The van der Waals surface area contributed by atoms with E-state index < -0.39 is 17.5 Å². The molecular weight excluding hydrogens is 268 g/mol. The summed E-state index contributed by atoms with van der Waals surface area (Å²) in [4.78, 5) is 25.7. The highest BCUT2D eigenvalue weighted by Gasteiger charge is 2.40. The first-order valence-corrected chi connectivity index (χ1v) is 6.56. The Morgan fingerprint density at radius 3 is 2.68 bits per heavy atom. The van der Waals surface area contributed by atoms with Gasteiger partial charge in [0.25, 0.3) is 0 Å². The van der Waals surface area contributed by atoms with Gasteiger partial charge in [-0.1, -0.05) is 19.1 Å². The third-order valence-electron chi connectivity index (χ3n) is 3.54. The molecule has 7 heteroatoms. The van der Waals surface area contributed by atoms with Gasteiger partial charge in [-0.25, -0.2) is 4.79 Å². The summed E-state index contributed by atoms with van der Waals surface area (Å²) >= 11 is 4.99. The number of nitrogens with zero attached hydrogens (tertiary/aromatic N) is 1. The van der Waals surface area contributed by atoms with Crippen LogP contribution >= 0.6 is 12.2 Å². The molecule has 2 atom stereocenters. The van der Waals surface area contributed by atoms with E-state index in [1.54, 1.807) is 11.8 Å². The van der Waals surface area contributed by atoms with Gasteiger partial charge < -0.3 is 20.1 Å². The van der Waals surface area contributed by atoms with Crippen molar-refractivity contribution in [3.05, 3.63) is 0 Å². The molecule has 0 spiro atoms. The molecule has 2 N–H and O–H groups in total. The van der Waals surface area contributed by atoms with Gasteiger partial charge in [0.05, 0.1) is 30.7 Å². The van der Waals surface area contributed by atoms with Crippen LogP contribution in [-0.4, -0.2) is 54.7 Å². The van der Waals surface area contributed by atoms with Crippen molar-refractivity contribution in [2.24, 2.45) is 11.1 Å². The van der Waals surface area contributed by atoms with Crippen LogP contribution in [-0.2, 0) is 19.1 Å². The number of hydrogen-bond donors (Lipinski definition) is 1. The zero-order valence-electron chi connectivity index (χ0n) is 11.5. The maximum atomic E-state index is 12.5. The Hall–Kier alpha value is -1.21. The zero-order chi connectivity index (χ0) is 14.6. The quantitative estimate of drug-likeness (QED) is 0.583. The molecular formula is C12H20N2O4S. The van der Waals surface area contributed by atoms with Crippen LogP contribution in [0.3, 0.4) is 0 Å². The molecule has 1 aliphatic heterocycles. The van der Waals surface area contributed by atoms with E-state index in [9.17, 15) is 9.59 Å². The van der Waals surface area contributed by atoms with Gasteiger partial charge in [0.15, 0.2) is 6.10 Å². The fourth-order valence-corrected chi connectivity index (χ4v) is 2.12. The summed E-state index contributed by atoms with van der Waals surface area (Å²) in [5, 5.41) is 0. The van der Waals surface area contributed by atoms with Crippen LogP contribution in [0, 0.1) is 5.41 Å². The van der Waals surface area contributed by atoms with E-state index in [4.69, 9.17) is 22.7 Å². The smallest absolute Gasteiger partial charge is 0.336 e. The number of ether oxygens (including phenoxy) is 2. The van der Waals surface area contributed by atoms with E-state index in [0.29, 0.717) is 19.6 Å². The molecule has 0 aromatic heterocycles. The molecule has 1 amide bonds. The second-order valence-corrected chi connectivity index (χ2v) is 5.12. The predicted octanol–water partition coefficient (Wildman–Crippen LogP) is 0.0892. The van der Waals surface area contributed by atoms with Crippen LogP contribution in [0.5, 0.6) is 0 Å². The summed E-state index contributed by atoms with van der Waals surface area (Å²) in [6.07, 6.45) is -0.225. The first kappa shape index (κ1) is 15.8. The monoisotopic (exact) mass is 288 g/mol. The Morgan fingerprint density at radius 1 is 1.58 bits per heavy atom. The molecule has 1 aliphatic rings. The minimum Gasteiger partial charge on any atom is -0.467 e. The minimum absolute atomic E-state index is 0.167. The summed E-state index contributed by atoms with van der Waals surface area (Å²) in [7, 11) is 1.29. The Balaban J connectivity index is 2.82. The number of nitrogens with two attached hydrogens (primary N) is 1. The molecule has 0 aromatic carbocycles. The van der Waals surface area contributed by atoms with E-state index in [0.717, 1.165) is 0 Å². The van der Waals surface area contributed by atoms with Crippen molar-refractivity contribution >= 4 is 29.1 Å². The first-order valence-electron chi connectivity index (χ1n) is 6.15. The maximum absolute atomic E-state index is 12.5. The summed E-state index contributed by atoms with van der Waals surface area (Å²) in [5.74, 6) is -0.647. The second-order valence-electron chi connectivity index (χ2n) is 4.68. The fraction of sp³-hybridized carbons (Fsp3) is 0.750. The van der Waals surface area contributed by atoms with Crippen LogP contribution in [0.15, 0.2) is 0 Å². The van der Waals surface area contributed by atoms with Crippen LogP contribution < -0.4 is 5.73 Å². The summed E-state index contributed by atoms with van der Waals surface area (Å²) < 4.78 is 9.91. The second kappa shape index (κ2) is 6.29. The highest BCUT2D eigenvalue weighted by atomic mass is 32.1. The van der Waals surface area contributed by atoms with E-state index in [2.05, 4.69) is 4.74 Å². The van der Waals surface area contributed by atoms with Crippen molar-refractivity contribution in [2.75, 3.05) is 26.8 Å². The highest BCUT2D eigenvalue weighted by Crippen LogP contribution is 2.26. The van der Waals surface area contributed by atoms with Gasteiger partial charge >= 0.3 is 5.97 Å². The van der Waals surface area contributed by atoms with Crippen LogP contribution in [0.4, 0.5) is 0 Å². The van der Waals surface area contributed by atoms with Crippen molar-refractivity contribution in [1.29, 1.82) is 0 Å². The van der Waals surface area contributed by atoms with Crippen molar-refractivity contribution < 1.29 is 19.1 Å². The predicted molar refractivity (Wildman–Crippen MR) is 73.5 cm³/mol. The fourth-order valence-electron chi connectivity index (χ4n) is 1.89. The van der Waals surface area contributed by atoms with Crippen molar-refractivity contribution in [1.82, 2.24) is 4.90 Å². The van der Waals surface area contributed by atoms with Crippen molar-refractivity contribution in [3.8, 4) is 0 Å². The molecule has 0 radical (unpaired) electrons. The molecule has 19 heavy (non-hydrogen) atoms. The molecule has 0 bridgehead atoms. The maximum Gasteiger partial charge on any atom is 0.336 e. The molecule has 0 saturated carbocycles. The van der Waals surface area contributed by atoms with Crippen LogP contribution in [0.25, 0.3) is 0 Å². The average Bonchev–Trinajstić information content (AvgIpc) is 2.44. The molecule has 0 aromatic rings. The topological polar surface area (TPSA) is 81.9 Å². The number of amides is 1. The first-order chi connectivity index (χ1) is 8.86. The molecule has 0 aliphatic carbocycles. The van der Waals surface area contributed by atoms with Gasteiger partial charge in [-0.15, -0.1) is 0 Å². The SMILES string of the molecule is CCC(C)(C(=O)N1CCOC(C(=O)OC)C1)C(N)=S. The number of morpholine rings is 1. The van der Waals surface area contributed by atoms with Crippen LogP contribution in [0.2, 0.25) is 0 Å². The average molecular weight is 288 g/mol. The van der Waals surface area contributed by atoms with Gasteiger partial charge in [-0.05, 0) is 13.3 Å². The highest BCUT2D eigenvalue weighted by molar-refractivity contribution is 7.80. The molecule has 2 unspecified atom stereocenters. The van der Waals surface area contributed by atoms with E-state index in [1.165, 1.54) is 7.11 Å². The molecule has 1 rings (SSSR count). The molecule has 1 heterocycles. The Bertz CT molecular complexity index is 388. The lowest BCUT2D eigenvalue weighted by Gasteiger charge is -2.37. The lowest BCUT2D eigenvalue weighted by molar-refractivity contribution is -0.164. The number of esters is 1. The third-order valence-corrected chi connectivity index (χ3v) is 3.99.